The summed E-state index contributed by atoms with van der Waals surface area (Å²) in [5.74, 6) is 6.09. The Kier molecular flexibility index (Phi) is 3.57. The van der Waals surface area contributed by atoms with Gasteiger partial charge in [0.25, 0.3) is 0 Å². The normalized spacial score (nSPS) is 16.8. The molecule has 1 aliphatic carbocycles. The molecule has 0 radical (unpaired) electrons. The molecule has 1 amide bonds. The number of ether oxygens (including phenoxy) is 1. The average molecular weight is 248 g/mol. The van der Waals surface area contributed by atoms with Crippen LogP contribution in [0, 0.1) is 6.92 Å². The number of nitrogens with one attached hydrogen (secondary N) is 1. The third-order valence-electron chi connectivity index (χ3n) is 3.80. The van der Waals surface area contributed by atoms with Crippen LogP contribution in [0.3, 0.4) is 0 Å². The van der Waals surface area contributed by atoms with Gasteiger partial charge in [0.1, 0.15) is 5.75 Å². The Morgan fingerprint density at radius 3 is 2.67 bits per heavy atom. The van der Waals surface area contributed by atoms with E-state index in [1.807, 2.05) is 32.0 Å². The molecule has 0 atom stereocenters. The lowest BCUT2D eigenvalue weighted by Crippen LogP contribution is -2.51. The van der Waals surface area contributed by atoms with E-state index in [-0.39, 0.29) is 5.91 Å². The Labute approximate surface area is 107 Å². The number of carbonyl (C=O) groups excluding carboxylic acids is 1. The molecule has 0 aromatic heterocycles. The molecule has 0 bridgehead atoms. The van der Waals surface area contributed by atoms with E-state index in [4.69, 9.17) is 10.6 Å². The van der Waals surface area contributed by atoms with Gasteiger partial charge in [0.05, 0.1) is 12.0 Å². The molecule has 3 N–H and O–H groups in total. The molecule has 98 valence electrons. The molecule has 4 nitrogen and oxygen atoms in total. The summed E-state index contributed by atoms with van der Waals surface area (Å²) in [4.78, 5) is 12.0. The minimum atomic E-state index is -0.426. The van der Waals surface area contributed by atoms with Gasteiger partial charge in [-0.2, -0.15) is 0 Å². The van der Waals surface area contributed by atoms with Crippen molar-refractivity contribution >= 4 is 5.91 Å². The minimum Gasteiger partial charge on any atom is -0.494 e. The summed E-state index contributed by atoms with van der Waals surface area (Å²) >= 11 is 0. The number of nitrogens with two attached hydrogens (primary N) is 1. The molecular weight excluding hydrogens is 228 g/mol. The maximum Gasteiger partial charge on any atom is 0.244 e. The summed E-state index contributed by atoms with van der Waals surface area (Å²) in [5.41, 5.74) is 3.97. The maximum absolute atomic E-state index is 12.0. The summed E-state index contributed by atoms with van der Waals surface area (Å²) in [7, 11) is 0. The molecule has 1 aliphatic rings. The van der Waals surface area contributed by atoms with Crippen LogP contribution in [0.5, 0.6) is 5.75 Å². The van der Waals surface area contributed by atoms with Crippen molar-refractivity contribution in [2.75, 3.05) is 6.61 Å². The number of benzene rings is 1. The van der Waals surface area contributed by atoms with Gasteiger partial charge in [-0.05, 0) is 43.9 Å². The second-order valence-electron chi connectivity index (χ2n) is 4.82. The molecule has 1 fully saturated rings. The number of aryl methyl sites for hydroxylation is 1. The van der Waals surface area contributed by atoms with E-state index in [0.29, 0.717) is 6.61 Å². The highest BCUT2D eigenvalue weighted by Gasteiger charge is 2.45. The van der Waals surface area contributed by atoms with Crippen molar-refractivity contribution in [2.45, 2.75) is 38.5 Å². The highest BCUT2D eigenvalue weighted by Crippen LogP contribution is 2.44. The highest BCUT2D eigenvalue weighted by molar-refractivity contribution is 5.88. The molecular formula is C14H20N2O2. The van der Waals surface area contributed by atoms with Crippen molar-refractivity contribution in [3.8, 4) is 5.75 Å². The number of hydrazine groups is 1. The first kappa shape index (κ1) is 12.9. The third-order valence-corrected chi connectivity index (χ3v) is 3.80. The van der Waals surface area contributed by atoms with Crippen LogP contribution in [0.1, 0.15) is 37.3 Å². The predicted octanol–water partition coefficient (Wildman–Crippen LogP) is 1.81. The second kappa shape index (κ2) is 4.98. The second-order valence-corrected chi connectivity index (χ2v) is 4.82. The Morgan fingerprint density at radius 1 is 1.50 bits per heavy atom. The van der Waals surface area contributed by atoms with Gasteiger partial charge in [0.15, 0.2) is 0 Å². The summed E-state index contributed by atoms with van der Waals surface area (Å²) in [6.45, 7) is 4.61. The molecule has 0 aliphatic heterocycles. The van der Waals surface area contributed by atoms with E-state index in [0.717, 1.165) is 36.1 Å². The smallest absolute Gasteiger partial charge is 0.244 e. The SMILES string of the molecule is CCOc1ccc(C2(C(=O)NN)CCC2)cc1C. The molecule has 4 heteroatoms. The zero-order valence-electron chi connectivity index (χ0n) is 11.0. The summed E-state index contributed by atoms with van der Waals surface area (Å²) < 4.78 is 5.52. The lowest BCUT2D eigenvalue weighted by molar-refractivity contribution is -0.130. The molecule has 1 aromatic carbocycles. The van der Waals surface area contributed by atoms with E-state index in [1.54, 1.807) is 0 Å². The van der Waals surface area contributed by atoms with E-state index >= 15 is 0 Å². The lowest BCUT2D eigenvalue weighted by atomic mass is 9.63. The lowest BCUT2D eigenvalue weighted by Gasteiger charge is -2.40. The fourth-order valence-electron chi connectivity index (χ4n) is 2.58. The predicted molar refractivity (Wildman–Crippen MR) is 70.2 cm³/mol. The van der Waals surface area contributed by atoms with Crippen molar-refractivity contribution in [2.24, 2.45) is 5.84 Å². The van der Waals surface area contributed by atoms with Gasteiger partial charge in [0, 0.05) is 0 Å². The Morgan fingerprint density at radius 2 is 2.22 bits per heavy atom. The fourth-order valence-corrected chi connectivity index (χ4v) is 2.58. The summed E-state index contributed by atoms with van der Waals surface area (Å²) in [6.07, 6.45) is 2.80. The molecule has 0 unspecified atom stereocenters. The maximum atomic E-state index is 12.0. The van der Waals surface area contributed by atoms with Gasteiger partial charge in [-0.25, -0.2) is 5.84 Å². The topological polar surface area (TPSA) is 64.3 Å². The highest BCUT2D eigenvalue weighted by atomic mass is 16.5. The van der Waals surface area contributed by atoms with Gasteiger partial charge in [-0.1, -0.05) is 18.6 Å². The van der Waals surface area contributed by atoms with Crippen LogP contribution in [0.25, 0.3) is 0 Å². The number of carbonyl (C=O) groups is 1. The molecule has 18 heavy (non-hydrogen) atoms. The number of amides is 1. The number of rotatable bonds is 4. The van der Waals surface area contributed by atoms with Gasteiger partial charge in [0.2, 0.25) is 5.91 Å². The number of hydrogen-bond acceptors (Lipinski definition) is 3. The van der Waals surface area contributed by atoms with Gasteiger partial charge in [-0.3, -0.25) is 10.2 Å². The van der Waals surface area contributed by atoms with E-state index < -0.39 is 5.41 Å². The van der Waals surface area contributed by atoms with E-state index in [1.165, 1.54) is 0 Å². The van der Waals surface area contributed by atoms with E-state index in [9.17, 15) is 4.79 Å². The van der Waals surface area contributed by atoms with Crippen LogP contribution < -0.4 is 16.0 Å². The van der Waals surface area contributed by atoms with Crippen molar-refractivity contribution in [3.63, 3.8) is 0 Å². The zero-order valence-corrected chi connectivity index (χ0v) is 11.0. The van der Waals surface area contributed by atoms with Crippen molar-refractivity contribution in [1.82, 2.24) is 5.43 Å². The zero-order chi connectivity index (χ0) is 13.2. The molecule has 1 aromatic rings. The van der Waals surface area contributed by atoms with Crippen molar-refractivity contribution < 1.29 is 9.53 Å². The van der Waals surface area contributed by atoms with Gasteiger partial charge in [-0.15, -0.1) is 0 Å². The first-order chi connectivity index (χ1) is 8.64. The van der Waals surface area contributed by atoms with Crippen LogP contribution in [-0.2, 0) is 10.2 Å². The van der Waals surface area contributed by atoms with Gasteiger partial charge >= 0.3 is 0 Å². The average Bonchev–Trinajstić information content (AvgIpc) is 2.31. The Hall–Kier alpha value is -1.55. The minimum absolute atomic E-state index is 0.0858. The van der Waals surface area contributed by atoms with Crippen LogP contribution >= 0.6 is 0 Å². The standard InChI is InChI=1S/C14H20N2O2/c1-3-18-12-6-5-11(9-10(12)2)14(7-4-8-14)13(17)16-15/h5-6,9H,3-4,7-8,15H2,1-2H3,(H,16,17). The van der Waals surface area contributed by atoms with Crippen molar-refractivity contribution in [3.05, 3.63) is 29.3 Å². The summed E-state index contributed by atoms with van der Waals surface area (Å²) in [6, 6.07) is 5.96. The molecule has 0 heterocycles. The fraction of sp³-hybridized carbons (Fsp3) is 0.500. The molecule has 2 rings (SSSR count). The Bertz CT molecular complexity index is 453. The van der Waals surface area contributed by atoms with E-state index in [2.05, 4.69) is 5.43 Å². The summed E-state index contributed by atoms with van der Waals surface area (Å²) in [5, 5.41) is 0. The van der Waals surface area contributed by atoms with Crippen LogP contribution in [0.15, 0.2) is 18.2 Å². The number of hydrogen-bond donors (Lipinski definition) is 2. The largest absolute Gasteiger partial charge is 0.494 e. The van der Waals surface area contributed by atoms with Crippen LogP contribution in [0.2, 0.25) is 0 Å². The molecule has 0 spiro atoms. The first-order valence-corrected chi connectivity index (χ1v) is 6.39. The van der Waals surface area contributed by atoms with Crippen molar-refractivity contribution in [1.29, 1.82) is 0 Å². The quantitative estimate of drug-likeness (QED) is 0.485. The monoisotopic (exact) mass is 248 g/mol. The van der Waals surface area contributed by atoms with Crippen LogP contribution in [0.4, 0.5) is 0 Å². The molecule has 1 saturated carbocycles. The van der Waals surface area contributed by atoms with Gasteiger partial charge < -0.3 is 4.74 Å². The third kappa shape index (κ3) is 1.97. The first-order valence-electron chi connectivity index (χ1n) is 6.39. The van der Waals surface area contributed by atoms with Crippen LogP contribution in [-0.4, -0.2) is 12.5 Å². The Balaban J connectivity index is 2.33. The molecule has 0 saturated heterocycles.